The molecule has 1 aliphatic heterocycles. The summed E-state index contributed by atoms with van der Waals surface area (Å²) in [5, 5.41) is 2.07. The van der Waals surface area contributed by atoms with Crippen LogP contribution >= 0.6 is 0 Å². The second-order valence-electron chi connectivity index (χ2n) is 2.74. The number of rotatable bonds is 2. The highest BCUT2D eigenvalue weighted by atomic mass is 19.1. The van der Waals surface area contributed by atoms with E-state index in [-0.39, 0.29) is 5.91 Å². The number of halogens is 2. The third-order valence-corrected chi connectivity index (χ3v) is 2.13. The van der Waals surface area contributed by atoms with Crippen molar-refractivity contribution >= 4 is 5.91 Å². The number of hydrogen-bond acceptors (Lipinski definition) is 1. The van der Waals surface area contributed by atoms with Crippen LogP contribution in [0.25, 0.3) is 0 Å². The smallest absolute Gasteiger partial charge is 0.225 e. The van der Waals surface area contributed by atoms with Gasteiger partial charge in [-0.3, -0.25) is 9.18 Å². The molecule has 11 heavy (non-hydrogen) atoms. The van der Waals surface area contributed by atoms with Crippen LogP contribution in [-0.4, -0.2) is 18.9 Å². The number of amides is 1. The summed E-state index contributed by atoms with van der Waals surface area (Å²) < 4.78 is 24.8. The van der Waals surface area contributed by atoms with E-state index in [1.165, 1.54) is 0 Å². The van der Waals surface area contributed by atoms with Crippen molar-refractivity contribution in [1.29, 1.82) is 0 Å². The SMILES string of the molecule is CCC1C(=O)NC(F)C1CF. The van der Waals surface area contributed by atoms with Crippen molar-refractivity contribution in [2.24, 2.45) is 11.8 Å². The van der Waals surface area contributed by atoms with Crippen LogP contribution in [0, 0.1) is 11.8 Å². The van der Waals surface area contributed by atoms with Crippen molar-refractivity contribution in [1.82, 2.24) is 5.32 Å². The van der Waals surface area contributed by atoms with Crippen LogP contribution in [0.3, 0.4) is 0 Å². The van der Waals surface area contributed by atoms with E-state index in [0.717, 1.165) is 0 Å². The Morgan fingerprint density at radius 3 is 2.64 bits per heavy atom. The monoisotopic (exact) mass is 163 g/mol. The van der Waals surface area contributed by atoms with E-state index >= 15 is 0 Å². The quantitative estimate of drug-likeness (QED) is 0.605. The molecule has 0 aromatic rings. The van der Waals surface area contributed by atoms with Crippen molar-refractivity contribution in [3.8, 4) is 0 Å². The van der Waals surface area contributed by atoms with Gasteiger partial charge in [0.05, 0.1) is 6.67 Å². The van der Waals surface area contributed by atoms with Gasteiger partial charge in [0.1, 0.15) is 0 Å². The molecule has 0 aromatic carbocycles. The molecule has 0 aromatic heterocycles. The maximum absolute atomic E-state index is 12.7. The fourth-order valence-electron chi connectivity index (χ4n) is 1.42. The Bertz CT molecular complexity index is 163. The van der Waals surface area contributed by atoms with Gasteiger partial charge in [0.15, 0.2) is 6.30 Å². The Balaban J connectivity index is 2.66. The lowest BCUT2D eigenvalue weighted by molar-refractivity contribution is -0.123. The van der Waals surface area contributed by atoms with E-state index < -0.39 is 24.8 Å². The van der Waals surface area contributed by atoms with Crippen molar-refractivity contribution in [2.45, 2.75) is 19.6 Å². The molecule has 1 amide bonds. The zero-order chi connectivity index (χ0) is 8.43. The normalized spacial score (nSPS) is 37.4. The van der Waals surface area contributed by atoms with Crippen LogP contribution in [-0.2, 0) is 4.79 Å². The molecule has 0 aliphatic carbocycles. The summed E-state index contributed by atoms with van der Waals surface area (Å²) in [6, 6.07) is 0. The standard InChI is InChI=1S/C7H11F2NO/c1-2-4-5(3-8)6(9)10-7(4)11/h4-6H,2-3H2,1H3,(H,10,11). The largest absolute Gasteiger partial charge is 0.326 e. The van der Waals surface area contributed by atoms with Gasteiger partial charge < -0.3 is 5.32 Å². The van der Waals surface area contributed by atoms with Crippen molar-refractivity contribution in [2.75, 3.05) is 6.67 Å². The predicted molar refractivity (Wildman–Crippen MR) is 36.3 cm³/mol. The van der Waals surface area contributed by atoms with E-state index in [1.54, 1.807) is 6.92 Å². The van der Waals surface area contributed by atoms with Crippen molar-refractivity contribution < 1.29 is 13.6 Å². The lowest BCUT2D eigenvalue weighted by Crippen LogP contribution is -2.24. The van der Waals surface area contributed by atoms with Crippen molar-refractivity contribution in [3.63, 3.8) is 0 Å². The molecule has 1 N–H and O–H groups in total. The molecule has 2 nitrogen and oxygen atoms in total. The molecule has 1 fully saturated rings. The summed E-state index contributed by atoms with van der Waals surface area (Å²) in [4.78, 5) is 10.9. The van der Waals surface area contributed by atoms with Gasteiger partial charge >= 0.3 is 0 Å². The first-order chi connectivity index (χ1) is 5.20. The molecule has 0 saturated carbocycles. The molecule has 1 aliphatic rings. The molecular formula is C7H11F2NO. The van der Waals surface area contributed by atoms with Gasteiger partial charge in [-0.25, -0.2) is 4.39 Å². The molecule has 4 heteroatoms. The van der Waals surface area contributed by atoms with E-state index in [0.29, 0.717) is 6.42 Å². The second kappa shape index (κ2) is 3.15. The van der Waals surface area contributed by atoms with Crippen LogP contribution in [0.5, 0.6) is 0 Å². The van der Waals surface area contributed by atoms with Gasteiger partial charge in [-0.2, -0.15) is 0 Å². The van der Waals surface area contributed by atoms with E-state index in [4.69, 9.17) is 0 Å². The van der Waals surface area contributed by atoms with Gasteiger partial charge in [-0.05, 0) is 6.42 Å². The minimum atomic E-state index is -1.49. The molecule has 0 bridgehead atoms. The van der Waals surface area contributed by atoms with Gasteiger partial charge in [0.2, 0.25) is 5.91 Å². The summed E-state index contributed by atoms with van der Waals surface area (Å²) in [6.45, 7) is 0.989. The summed E-state index contributed by atoms with van der Waals surface area (Å²) in [5.74, 6) is -1.61. The molecule has 1 heterocycles. The van der Waals surface area contributed by atoms with Crippen LogP contribution in [0.4, 0.5) is 8.78 Å². The van der Waals surface area contributed by atoms with Gasteiger partial charge in [0.25, 0.3) is 0 Å². The van der Waals surface area contributed by atoms with Crippen molar-refractivity contribution in [3.05, 3.63) is 0 Å². The molecule has 3 atom stereocenters. The first-order valence-electron chi connectivity index (χ1n) is 3.71. The second-order valence-corrected chi connectivity index (χ2v) is 2.74. The van der Waals surface area contributed by atoms with Crippen LogP contribution in [0.1, 0.15) is 13.3 Å². The highest BCUT2D eigenvalue weighted by Crippen LogP contribution is 2.27. The molecule has 64 valence electrons. The highest BCUT2D eigenvalue weighted by Gasteiger charge is 2.41. The number of alkyl halides is 2. The number of carbonyl (C=O) groups is 1. The zero-order valence-corrected chi connectivity index (χ0v) is 6.31. The van der Waals surface area contributed by atoms with Crippen LogP contribution in [0.15, 0.2) is 0 Å². The fourth-order valence-corrected chi connectivity index (χ4v) is 1.42. The Morgan fingerprint density at radius 1 is 1.64 bits per heavy atom. The van der Waals surface area contributed by atoms with Crippen LogP contribution in [0.2, 0.25) is 0 Å². The minimum absolute atomic E-state index is 0.359. The summed E-state index contributed by atoms with van der Waals surface area (Å²) in [6.07, 6.45) is -0.988. The Hall–Kier alpha value is -0.670. The summed E-state index contributed by atoms with van der Waals surface area (Å²) in [7, 11) is 0. The summed E-state index contributed by atoms with van der Waals surface area (Å²) >= 11 is 0. The molecule has 0 radical (unpaired) electrons. The molecule has 0 spiro atoms. The first kappa shape index (κ1) is 8.43. The number of hydrogen-bond donors (Lipinski definition) is 1. The van der Waals surface area contributed by atoms with E-state index in [9.17, 15) is 13.6 Å². The fraction of sp³-hybridized carbons (Fsp3) is 0.857. The van der Waals surface area contributed by atoms with E-state index in [1.807, 2.05) is 0 Å². The topological polar surface area (TPSA) is 29.1 Å². The van der Waals surface area contributed by atoms with E-state index in [2.05, 4.69) is 5.32 Å². The Kier molecular flexibility index (Phi) is 2.42. The summed E-state index contributed by atoms with van der Waals surface area (Å²) in [5.41, 5.74) is 0. The maximum Gasteiger partial charge on any atom is 0.225 e. The lowest BCUT2D eigenvalue weighted by Gasteiger charge is -2.11. The molecule has 1 saturated heterocycles. The lowest BCUT2D eigenvalue weighted by atomic mass is 9.94. The van der Waals surface area contributed by atoms with Gasteiger partial charge in [-0.1, -0.05) is 6.92 Å². The highest BCUT2D eigenvalue weighted by molar-refractivity contribution is 5.81. The number of carbonyl (C=O) groups excluding carboxylic acids is 1. The predicted octanol–water partition coefficient (Wildman–Crippen LogP) is 1.02. The Labute approximate surface area is 64.0 Å². The average molecular weight is 163 g/mol. The third-order valence-electron chi connectivity index (χ3n) is 2.13. The first-order valence-corrected chi connectivity index (χ1v) is 3.71. The zero-order valence-electron chi connectivity index (χ0n) is 6.31. The maximum atomic E-state index is 12.7. The van der Waals surface area contributed by atoms with Gasteiger partial charge in [0, 0.05) is 11.8 Å². The minimum Gasteiger partial charge on any atom is -0.326 e. The van der Waals surface area contributed by atoms with Crippen LogP contribution < -0.4 is 5.32 Å². The molecular weight excluding hydrogens is 152 g/mol. The number of nitrogens with one attached hydrogen (secondary N) is 1. The van der Waals surface area contributed by atoms with Gasteiger partial charge in [-0.15, -0.1) is 0 Å². The average Bonchev–Trinajstić information content (AvgIpc) is 2.24. The molecule has 3 unspecified atom stereocenters. The third kappa shape index (κ3) is 1.34. The Morgan fingerprint density at radius 2 is 2.27 bits per heavy atom. The molecule has 1 rings (SSSR count).